The SMILES string of the molecule is CC/C=C\C/C=C\C/C=C\C/C=C\CCCCCCCCCCCCCCCCCCCCCCC(=O)OC(COC(=O)CCCCCCCCCCCCCCCCCC)COC(OCC[N+](C)(C)C)C(=O)[O-]. The van der Waals surface area contributed by atoms with Gasteiger partial charge in [0.25, 0.3) is 0 Å². The van der Waals surface area contributed by atoms with Crippen molar-refractivity contribution in [2.45, 2.75) is 302 Å². The molecule has 432 valence electrons. The van der Waals surface area contributed by atoms with Crippen LogP contribution in [-0.4, -0.2) is 82.3 Å². The molecule has 0 rings (SSSR count). The minimum absolute atomic E-state index is 0.150. The van der Waals surface area contributed by atoms with Gasteiger partial charge in [-0.15, -0.1) is 0 Å². The second-order valence-electron chi connectivity index (χ2n) is 22.3. The number of carbonyl (C=O) groups is 3. The molecule has 2 unspecified atom stereocenters. The number of carboxylic acid groups (broad SMARTS) is 1. The van der Waals surface area contributed by atoms with Gasteiger partial charge in [0.2, 0.25) is 0 Å². The molecule has 0 aliphatic heterocycles. The van der Waals surface area contributed by atoms with Gasteiger partial charge in [-0.25, -0.2) is 0 Å². The Labute approximate surface area is 457 Å². The Morgan fingerprint density at radius 3 is 1.15 bits per heavy atom. The van der Waals surface area contributed by atoms with E-state index in [0.717, 1.165) is 64.2 Å². The predicted molar refractivity (Wildman–Crippen MR) is 311 cm³/mol. The first kappa shape index (κ1) is 71.2. The third kappa shape index (κ3) is 57.0. The molecule has 2 atom stereocenters. The number of allylic oxidation sites excluding steroid dienone is 8. The Morgan fingerprint density at radius 2 is 0.770 bits per heavy atom. The third-order valence-electron chi connectivity index (χ3n) is 13.8. The molecule has 0 radical (unpaired) electrons. The summed E-state index contributed by atoms with van der Waals surface area (Å²) in [6, 6.07) is 0. The van der Waals surface area contributed by atoms with Gasteiger partial charge < -0.3 is 33.3 Å². The zero-order valence-corrected chi connectivity index (χ0v) is 49.2. The van der Waals surface area contributed by atoms with E-state index in [-0.39, 0.29) is 32.2 Å². The normalized spacial score (nSPS) is 13.0. The van der Waals surface area contributed by atoms with Gasteiger partial charge in [0, 0.05) is 12.8 Å². The van der Waals surface area contributed by atoms with Crippen LogP contribution in [0.3, 0.4) is 0 Å². The molecule has 0 spiro atoms. The molecule has 0 bridgehead atoms. The highest BCUT2D eigenvalue weighted by Crippen LogP contribution is 2.18. The molecular formula is C65H119NO8. The first-order valence-electron chi connectivity index (χ1n) is 31.3. The van der Waals surface area contributed by atoms with Crippen LogP contribution in [0.4, 0.5) is 0 Å². The number of aliphatic carboxylic acids is 1. The number of nitrogens with zero attached hydrogens (tertiary/aromatic N) is 1. The van der Waals surface area contributed by atoms with Crippen molar-refractivity contribution in [2.75, 3.05) is 47.5 Å². The number of carboxylic acids is 1. The fraction of sp³-hybridized carbons (Fsp3) is 0.831. The first-order valence-corrected chi connectivity index (χ1v) is 31.3. The van der Waals surface area contributed by atoms with Gasteiger partial charge >= 0.3 is 11.9 Å². The minimum Gasteiger partial charge on any atom is -0.545 e. The summed E-state index contributed by atoms with van der Waals surface area (Å²) in [7, 11) is 5.93. The van der Waals surface area contributed by atoms with Gasteiger partial charge in [-0.3, -0.25) is 9.59 Å². The molecule has 0 N–H and O–H groups in total. The van der Waals surface area contributed by atoms with Crippen LogP contribution in [0, 0.1) is 0 Å². The lowest BCUT2D eigenvalue weighted by molar-refractivity contribution is -0.870. The minimum atomic E-state index is -1.62. The molecule has 9 heteroatoms. The summed E-state index contributed by atoms with van der Waals surface area (Å²) < 4.78 is 22.7. The lowest BCUT2D eigenvalue weighted by atomic mass is 10.0. The first-order chi connectivity index (χ1) is 36.1. The fourth-order valence-corrected chi connectivity index (χ4v) is 9.06. The summed E-state index contributed by atoms with van der Waals surface area (Å²) in [5.41, 5.74) is 0. The number of quaternary nitrogens is 1. The molecule has 0 aromatic carbocycles. The average molecular weight is 1040 g/mol. The summed E-state index contributed by atoms with van der Waals surface area (Å²) >= 11 is 0. The number of esters is 2. The van der Waals surface area contributed by atoms with Gasteiger partial charge in [-0.2, -0.15) is 0 Å². The molecule has 0 aliphatic rings. The quantitative estimate of drug-likeness (QED) is 0.0195. The van der Waals surface area contributed by atoms with Crippen LogP contribution in [0.1, 0.15) is 290 Å². The summed E-state index contributed by atoms with van der Waals surface area (Å²) in [5.74, 6) is -2.26. The van der Waals surface area contributed by atoms with Gasteiger partial charge in [0.1, 0.15) is 13.2 Å². The van der Waals surface area contributed by atoms with Gasteiger partial charge in [-0.1, -0.05) is 274 Å². The molecule has 0 saturated carbocycles. The Kier molecular flexibility index (Phi) is 54.4. The van der Waals surface area contributed by atoms with Crippen molar-refractivity contribution in [3.05, 3.63) is 48.6 Å². The largest absolute Gasteiger partial charge is 0.545 e. The van der Waals surface area contributed by atoms with Crippen LogP contribution in [0.15, 0.2) is 48.6 Å². The molecule has 0 aliphatic carbocycles. The van der Waals surface area contributed by atoms with Crippen molar-refractivity contribution in [3.63, 3.8) is 0 Å². The lowest BCUT2D eigenvalue weighted by Crippen LogP contribution is -2.44. The smallest absolute Gasteiger partial charge is 0.306 e. The number of unbranched alkanes of at least 4 members (excludes halogenated alkanes) is 35. The van der Waals surface area contributed by atoms with Crippen molar-refractivity contribution in [1.82, 2.24) is 0 Å². The predicted octanol–water partition coefficient (Wildman–Crippen LogP) is 17.3. The molecule has 9 nitrogen and oxygen atoms in total. The van der Waals surface area contributed by atoms with E-state index in [4.69, 9.17) is 18.9 Å². The van der Waals surface area contributed by atoms with Crippen LogP contribution >= 0.6 is 0 Å². The molecular weight excluding hydrogens is 923 g/mol. The van der Waals surface area contributed by atoms with E-state index >= 15 is 0 Å². The Balaban J connectivity index is 4.06. The molecule has 0 heterocycles. The van der Waals surface area contributed by atoms with E-state index in [9.17, 15) is 19.5 Å². The summed E-state index contributed by atoms with van der Waals surface area (Å²) in [4.78, 5) is 37.3. The lowest BCUT2D eigenvalue weighted by Gasteiger charge is -2.26. The van der Waals surface area contributed by atoms with Crippen molar-refractivity contribution in [2.24, 2.45) is 0 Å². The van der Waals surface area contributed by atoms with Crippen LogP contribution in [-0.2, 0) is 33.3 Å². The third-order valence-corrected chi connectivity index (χ3v) is 13.8. The monoisotopic (exact) mass is 1040 g/mol. The van der Waals surface area contributed by atoms with E-state index in [2.05, 4.69) is 62.5 Å². The van der Waals surface area contributed by atoms with E-state index in [1.54, 1.807) is 0 Å². The standard InChI is InChI=1S/C65H119NO8/c1-6-8-10-12-14-16-18-20-22-24-25-26-27-28-29-30-31-32-33-34-35-36-37-38-39-40-42-44-46-48-50-52-54-56-63(68)74-61(60-73-65(64(69)70)71-58-57-66(3,4)5)59-72-62(67)55-53-51-49-47-45-43-41-23-21-19-17-15-13-11-9-7-2/h8,10,14,16,20,22,25-26,61,65H,6-7,9,11-13,15,17-19,21,23-24,27-60H2,1-5H3/b10-8-,16-14-,22-20-,26-25-. The molecule has 0 aromatic rings. The highest BCUT2D eigenvalue weighted by atomic mass is 16.7. The van der Waals surface area contributed by atoms with Crippen LogP contribution in [0.2, 0.25) is 0 Å². The van der Waals surface area contributed by atoms with Gasteiger partial charge in [0.15, 0.2) is 12.4 Å². The summed E-state index contributed by atoms with van der Waals surface area (Å²) in [5, 5.41) is 11.8. The molecule has 0 fully saturated rings. The number of likely N-dealkylation sites (N-methyl/N-ethyl adjacent to an activating group) is 1. The van der Waals surface area contributed by atoms with E-state index < -0.39 is 24.3 Å². The summed E-state index contributed by atoms with van der Waals surface area (Å²) in [6.45, 7) is 4.68. The van der Waals surface area contributed by atoms with Crippen molar-refractivity contribution >= 4 is 17.9 Å². The fourth-order valence-electron chi connectivity index (χ4n) is 9.06. The second kappa shape index (κ2) is 56.5. The number of rotatable bonds is 58. The molecule has 74 heavy (non-hydrogen) atoms. The van der Waals surface area contributed by atoms with Crippen LogP contribution in [0.25, 0.3) is 0 Å². The highest BCUT2D eigenvalue weighted by molar-refractivity contribution is 5.70. The zero-order valence-electron chi connectivity index (χ0n) is 49.2. The van der Waals surface area contributed by atoms with Crippen molar-refractivity contribution in [3.8, 4) is 0 Å². The molecule has 0 amide bonds. The maximum absolute atomic E-state index is 12.9. The van der Waals surface area contributed by atoms with Gasteiger partial charge in [-0.05, 0) is 51.4 Å². The molecule has 0 saturated heterocycles. The zero-order chi connectivity index (χ0) is 54.1. The number of carbonyl (C=O) groups excluding carboxylic acids is 3. The van der Waals surface area contributed by atoms with E-state index in [1.807, 2.05) is 21.1 Å². The van der Waals surface area contributed by atoms with Gasteiger partial charge in [0.05, 0.1) is 40.3 Å². The van der Waals surface area contributed by atoms with Crippen molar-refractivity contribution in [1.29, 1.82) is 0 Å². The van der Waals surface area contributed by atoms with E-state index in [1.165, 1.54) is 199 Å². The number of ether oxygens (including phenoxy) is 4. The number of hydrogen-bond acceptors (Lipinski definition) is 8. The van der Waals surface area contributed by atoms with Crippen LogP contribution in [0.5, 0.6) is 0 Å². The average Bonchev–Trinajstić information content (AvgIpc) is 3.37. The maximum Gasteiger partial charge on any atom is 0.306 e. The van der Waals surface area contributed by atoms with Crippen molar-refractivity contribution < 1.29 is 42.9 Å². The summed E-state index contributed by atoms with van der Waals surface area (Å²) in [6.07, 6.45) is 67.5. The van der Waals surface area contributed by atoms with E-state index in [0.29, 0.717) is 17.4 Å². The Bertz CT molecular complexity index is 1350. The Hall–Kier alpha value is -2.75. The number of hydrogen-bond donors (Lipinski definition) is 0. The van der Waals surface area contributed by atoms with Crippen LogP contribution < -0.4 is 5.11 Å². The maximum atomic E-state index is 12.9. The second-order valence-corrected chi connectivity index (χ2v) is 22.3. The molecule has 0 aromatic heterocycles. The topological polar surface area (TPSA) is 111 Å². The Morgan fingerprint density at radius 1 is 0.419 bits per heavy atom. The highest BCUT2D eigenvalue weighted by Gasteiger charge is 2.22.